The summed E-state index contributed by atoms with van der Waals surface area (Å²) in [4.78, 5) is 21.8. The molecule has 4 nitrogen and oxygen atoms in total. The maximum Gasteiger partial charge on any atom is 0.318 e. The van der Waals surface area contributed by atoms with E-state index < -0.39 is 17.9 Å². The van der Waals surface area contributed by atoms with Gasteiger partial charge in [0.15, 0.2) is 0 Å². The molecule has 0 saturated carbocycles. The molecule has 14 heavy (non-hydrogen) atoms. The van der Waals surface area contributed by atoms with Crippen LogP contribution in [-0.2, 0) is 14.3 Å². The molecule has 74 valence electrons. The highest BCUT2D eigenvalue weighted by atomic mass is 16.5. The van der Waals surface area contributed by atoms with Crippen molar-refractivity contribution < 1.29 is 19.4 Å². The van der Waals surface area contributed by atoms with Crippen molar-refractivity contribution in [2.24, 2.45) is 0 Å². The van der Waals surface area contributed by atoms with Gasteiger partial charge in [-0.05, 0) is 5.56 Å². The second kappa shape index (κ2) is 4.41. The lowest BCUT2D eigenvalue weighted by molar-refractivity contribution is -0.307. The lowest BCUT2D eigenvalue weighted by Crippen LogP contribution is -2.35. The summed E-state index contributed by atoms with van der Waals surface area (Å²) in [5, 5.41) is 10.7. The van der Waals surface area contributed by atoms with E-state index in [1.807, 2.05) is 0 Å². The van der Waals surface area contributed by atoms with Crippen LogP contribution in [0.1, 0.15) is 11.5 Å². The minimum Gasteiger partial charge on any atom is -0.549 e. The van der Waals surface area contributed by atoms with E-state index in [0.29, 0.717) is 5.56 Å². The Bertz CT molecular complexity index is 331. The molecule has 0 aliphatic carbocycles. The molecule has 1 aromatic rings. The van der Waals surface area contributed by atoms with Gasteiger partial charge in [0.05, 0.1) is 13.1 Å². The lowest BCUT2D eigenvalue weighted by atomic mass is 10.00. The number of aliphatic carboxylic acids is 1. The summed E-state index contributed by atoms with van der Waals surface area (Å²) in [6.07, 6.45) is 0. The number of carbonyl (C=O) groups excluding carboxylic acids is 2. The van der Waals surface area contributed by atoms with Gasteiger partial charge >= 0.3 is 5.97 Å². The molecule has 1 aromatic carbocycles. The van der Waals surface area contributed by atoms with Gasteiger partial charge in [-0.2, -0.15) is 0 Å². The molecule has 1 atom stereocenters. The first-order chi connectivity index (χ1) is 6.66. The standard InChI is InChI=1S/C10H10O4/c1-14-10(13)8(9(11)12)7-5-3-2-4-6-7/h2-6,8H,1H3,(H,11,12)/p-1/t8-/m1/s1. The monoisotopic (exact) mass is 193 g/mol. The third kappa shape index (κ3) is 2.10. The quantitative estimate of drug-likeness (QED) is 0.488. The number of methoxy groups -OCH3 is 1. The number of esters is 1. The van der Waals surface area contributed by atoms with E-state index in [1.54, 1.807) is 18.2 Å². The largest absolute Gasteiger partial charge is 0.549 e. The van der Waals surface area contributed by atoms with Crippen molar-refractivity contribution in [3.63, 3.8) is 0 Å². The molecule has 0 spiro atoms. The first-order valence-electron chi connectivity index (χ1n) is 4.00. The minimum atomic E-state index is -1.46. The highest BCUT2D eigenvalue weighted by Crippen LogP contribution is 2.15. The van der Waals surface area contributed by atoms with Gasteiger partial charge in [-0.1, -0.05) is 30.3 Å². The fraction of sp³-hybridized carbons (Fsp3) is 0.200. The average Bonchev–Trinajstić information content (AvgIpc) is 2.19. The summed E-state index contributed by atoms with van der Waals surface area (Å²) in [6, 6.07) is 8.10. The topological polar surface area (TPSA) is 66.4 Å². The molecule has 0 aliphatic rings. The SMILES string of the molecule is COC(=O)[C@@H](C(=O)[O-])c1ccccc1. The van der Waals surface area contributed by atoms with Crippen LogP contribution in [0.4, 0.5) is 0 Å². The Hall–Kier alpha value is -1.84. The van der Waals surface area contributed by atoms with Crippen LogP contribution in [-0.4, -0.2) is 19.0 Å². The Balaban J connectivity index is 3.01. The highest BCUT2D eigenvalue weighted by molar-refractivity contribution is 5.98. The third-order valence-corrected chi connectivity index (χ3v) is 1.81. The van der Waals surface area contributed by atoms with Gasteiger partial charge in [0.1, 0.15) is 5.92 Å². The van der Waals surface area contributed by atoms with Crippen molar-refractivity contribution in [2.45, 2.75) is 5.92 Å². The number of ether oxygens (including phenoxy) is 1. The second-order valence-corrected chi connectivity index (χ2v) is 2.69. The van der Waals surface area contributed by atoms with Crippen LogP contribution < -0.4 is 5.11 Å². The Morgan fingerprint density at radius 2 is 1.86 bits per heavy atom. The Labute approximate surface area is 81.1 Å². The zero-order valence-electron chi connectivity index (χ0n) is 7.60. The molecule has 0 unspecified atom stereocenters. The molecule has 0 saturated heterocycles. The summed E-state index contributed by atoms with van der Waals surface area (Å²) in [5.41, 5.74) is 0.361. The molecule has 0 N–H and O–H groups in total. The minimum absolute atomic E-state index is 0.361. The summed E-state index contributed by atoms with van der Waals surface area (Å²) >= 11 is 0. The van der Waals surface area contributed by atoms with Crippen LogP contribution >= 0.6 is 0 Å². The number of carboxylic acids is 1. The zero-order valence-corrected chi connectivity index (χ0v) is 7.60. The molecule has 0 heterocycles. The summed E-state index contributed by atoms with van der Waals surface area (Å²) in [7, 11) is 1.14. The number of benzene rings is 1. The molecule has 0 fully saturated rings. The molecule has 0 amide bonds. The molecule has 1 rings (SSSR count). The molecule has 4 heteroatoms. The zero-order chi connectivity index (χ0) is 10.6. The predicted molar refractivity (Wildman–Crippen MR) is 46.2 cm³/mol. The number of carbonyl (C=O) groups is 2. The molecular weight excluding hydrogens is 184 g/mol. The first-order valence-corrected chi connectivity index (χ1v) is 4.00. The number of hydrogen-bond donors (Lipinski definition) is 0. The van der Waals surface area contributed by atoms with Crippen molar-refractivity contribution in [3.05, 3.63) is 35.9 Å². The van der Waals surface area contributed by atoms with Crippen molar-refractivity contribution in [1.29, 1.82) is 0 Å². The van der Waals surface area contributed by atoms with Gasteiger partial charge in [-0.25, -0.2) is 0 Å². The molecule has 0 bridgehead atoms. The maximum atomic E-state index is 11.1. The van der Waals surface area contributed by atoms with Crippen LogP contribution in [0.25, 0.3) is 0 Å². The predicted octanol–water partition coefficient (Wildman–Crippen LogP) is -0.307. The fourth-order valence-electron chi connectivity index (χ4n) is 1.13. The third-order valence-electron chi connectivity index (χ3n) is 1.81. The smallest absolute Gasteiger partial charge is 0.318 e. The van der Waals surface area contributed by atoms with E-state index in [9.17, 15) is 14.7 Å². The normalized spacial score (nSPS) is 11.8. The number of rotatable bonds is 3. The van der Waals surface area contributed by atoms with E-state index in [-0.39, 0.29) is 0 Å². The van der Waals surface area contributed by atoms with Gasteiger partial charge in [0, 0.05) is 0 Å². The van der Waals surface area contributed by atoms with E-state index in [1.165, 1.54) is 12.1 Å². The van der Waals surface area contributed by atoms with Crippen LogP contribution in [0.15, 0.2) is 30.3 Å². The van der Waals surface area contributed by atoms with Gasteiger partial charge in [-0.15, -0.1) is 0 Å². The van der Waals surface area contributed by atoms with Crippen LogP contribution in [0.3, 0.4) is 0 Å². The summed E-state index contributed by atoms with van der Waals surface area (Å²) in [5.74, 6) is -3.62. The van der Waals surface area contributed by atoms with Crippen molar-refractivity contribution >= 4 is 11.9 Å². The van der Waals surface area contributed by atoms with E-state index in [0.717, 1.165) is 7.11 Å². The van der Waals surface area contributed by atoms with Gasteiger partial charge in [0.2, 0.25) is 0 Å². The maximum absolute atomic E-state index is 11.1. The molecule has 0 aromatic heterocycles. The lowest BCUT2D eigenvalue weighted by Gasteiger charge is -2.15. The van der Waals surface area contributed by atoms with E-state index in [2.05, 4.69) is 4.74 Å². The molecule has 0 aliphatic heterocycles. The Kier molecular flexibility index (Phi) is 3.23. The van der Waals surface area contributed by atoms with Gasteiger partial charge in [-0.3, -0.25) is 4.79 Å². The molecular formula is C10H9O4-. The number of carboxylic acid groups (broad SMARTS) is 1. The fourth-order valence-corrected chi connectivity index (χ4v) is 1.13. The summed E-state index contributed by atoms with van der Waals surface area (Å²) < 4.78 is 4.37. The second-order valence-electron chi connectivity index (χ2n) is 2.69. The highest BCUT2D eigenvalue weighted by Gasteiger charge is 2.22. The van der Waals surface area contributed by atoms with Crippen molar-refractivity contribution in [1.82, 2.24) is 0 Å². The Morgan fingerprint density at radius 3 is 2.29 bits per heavy atom. The summed E-state index contributed by atoms with van der Waals surface area (Å²) in [6.45, 7) is 0. The van der Waals surface area contributed by atoms with Gasteiger partial charge in [0.25, 0.3) is 0 Å². The molecule has 0 radical (unpaired) electrons. The Morgan fingerprint density at radius 1 is 1.29 bits per heavy atom. The first kappa shape index (κ1) is 10.2. The average molecular weight is 193 g/mol. The van der Waals surface area contributed by atoms with E-state index in [4.69, 9.17) is 0 Å². The van der Waals surface area contributed by atoms with Crippen LogP contribution in [0, 0.1) is 0 Å². The van der Waals surface area contributed by atoms with E-state index >= 15 is 0 Å². The van der Waals surface area contributed by atoms with Crippen molar-refractivity contribution in [2.75, 3.05) is 7.11 Å². The van der Waals surface area contributed by atoms with Crippen molar-refractivity contribution in [3.8, 4) is 0 Å². The number of hydrogen-bond acceptors (Lipinski definition) is 4. The van der Waals surface area contributed by atoms with Crippen LogP contribution in [0.2, 0.25) is 0 Å². The van der Waals surface area contributed by atoms with Gasteiger partial charge < -0.3 is 14.6 Å². The van der Waals surface area contributed by atoms with Crippen LogP contribution in [0.5, 0.6) is 0 Å².